The molecule has 4 unspecified atom stereocenters. The highest BCUT2D eigenvalue weighted by Crippen LogP contribution is 2.45. The normalized spacial score (nSPS) is 26.3. The lowest BCUT2D eigenvalue weighted by Crippen LogP contribution is -2.56. The summed E-state index contributed by atoms with van der Waals surface area (Å²) in [7, 11) is 0. The van der Waals surface area contributed by atoms with Gasteiger partial charge in [0.2, 0.25) is 17.6 Å². The van der Waals surface area contributed by atoms with E-state index in [0.29, 0.717) is 35.7 Å². The van der Waals surface area contributed by atoms with Crippen molar-refractivity contribution in [3.05, 3.63) is 66.7 Å². The van der Waals surface area contributed by atoms with Gasteiger partial charge in [0.05, 0.1) is 6.04 Å². The van der Waals surface area contributed by atoms with Gasteiger partial charge in [0, 0.05) is 24.4 Å². The fourth-order valence-electron chi connectivity index (χ4n) is 6.51. The lowest BCUT2D eigenvalue weighted by atomic mass is 10.0. The molecular weight excluding hydrogens is 642 g/mol. The number of benzene rings is 2. The number of nitrogens with one attached hydrogen (secondary N) is 2. The minimum absolute atomic E-state index is 0.0414. The van der Waals surface area contributed by atoms with Crippen LogP contribution < -0.4 is 15.4 Å². The average molecular weight is 686 g/mol. The molecule has 3 heterocycles. The lowest BCUT2D eigenvalue weighted by molar-refractivity contribution is -0.145. The van der Waals surface area contributed by atoms with E-state index in [4.69, 9.17) is 9.47 Å². The Hall–Kier alpha value is -5.27. The van der Waals surface area contributed by atoms with Crippen LogP contribution in [0.2, 0.25) is 0 Å². The van der Waals surface area contributed by atoms with Gasteiger partial charge in [0.25, 0.3) is 0 Å². The fourth-order valence-corrected chi connectivity index (χ4v) is 6.51. The molecule has 2 fully saturated rings. The van der Waals surface area contributed by atoms with Crippen LogP contribution in [-0.4, -0.2) is 83.9 Å². The van der Waals surface area contributed by atoms with Crippen molar-refractivity contribution in [3.63, 3.8) is 0 Å². The molecule has 3 amide bonds. The number of nitrogens with zero attached hydrogens (tertiary/aromatic N) is 5. The molecular formula is C36H43N7O7. The van der Waals surface area contributed by atoms with Crippen molar-refractivity contribution in [2.24, 2.45) is 5.92 Å². The molecule has 5 atom stereocenters. The molecule has 2 aliphatic heterocycles. The first-order valence-electron chi connectivity index (χ1n) is 17.1. The summed E-state index contributed by atoms with van der Waals surface area (Å²) in [6.07, 6.45) is 6.82. The molecule has 1 saturated carbocycles. The van der Waals surface area contributed by atoms with Gasteiger partial charge in [-0.1, -0.05) is 55.3 Å². The van der Waals surface area contributed by atoms with Gasteiger partial charge in [-0.15, -0.1) is 10.2 Å². The SMILES string of the molecule is CC(C)(C)OC(=O)NC1CCCCC/C=C\C2CC2(C(=O)O)NC(=O)C2C[C@@H](n3nnc(-c4cccc(Oc5ccccc5)c4)n3)CN2C1=O. The highest BCUT2D eigenvalue weighted by Gasteiger charge is 2.61. The van der Waals surface area contributed by atoms with E-state index in [9.17, 15) is 24.3 Å². The number of aliphatic carboxylic acids is 1. The van der Waals surface area contributed by atoms with Gasteiger partial charge in [-0.2, -0.15) is 4.80 Å². The summed E-state index contributed by atoms with van der Waals surface area (Å²) >= 11 is 0. The molecule has 1 saturated heterocycles. The minimum Gasteiger partial charge on any atom is -0.479 e. The van der Waals surface area contributed by atoms with Gasteiger partial charge in [-0.3, -0.25) is 9.59 Å². The molecule has 3 aliphatic rings. The summed E-state index contributed by atoms with van der Waals surface area (Å²) in [5.41, 5.74) is -1.57. The fraction of sp³-hybridized carbons (Fsp3) is 0.472. The minimum atomic E-state index is -1.44. The predicted molar refractivity (Wildman–Crippen MR) is 181 cm³/mol. The van der Waals surface area contributed by atoms with Crippen LogP contribution in [0.4, 0.5) is 4.79 Å². The molecule has 1 aromatic heterocycles. The number of allylic oxidation sites excluding steroid dienone is 1. The van der Waals surface area contributed by atoms with Gasteiger partial charge in [0.15, 0.2) is 0 Å². The molecule has 3 aromatic rings. The number of carboxylic acid groups (broad SMARTS) is 1. The molecule has 0 bridgehead atoms. The number of hydrogen-bond donors (Lipinski definition) is 3. The van der Waals surface area contributed by atoms with Gasteiger partial charge in [0.1, 0.15) is 34.7 Å². The summed E-state index contributed by atoms with van der Waals surface area (Å²) in [6, 6.07) is 14.1. The van der Waals surface area contributed by atoms with Gasteiger partial charge >= 0.3 is 12.1 Å². The van der Waals surface area contributed by atoms with Crippen LogP contribution in [-0.2, 0) is 19.1 Å². The third-order valence-electron chi connectivity index (χ3n) is 9.15. The van der Waals surface area contributed by atoms with Gasteiger partial charge in [-0.05, 0) is 75.9 Å². The Morgan fingerprint density at radius 2 is 1.82 bits per heavy atom. The maximum absolute atomic E-state index is 14.3. The van der Waals surface area contributed by atoms with Gasteiger partial charge in [-0.25, -0.2) is 9.59 Å². The van der Waals surface area contributed by atoms with Crippen LogP contribution in [0.25, 0.3) is 11.4 Å². The zero-order valence-corrected chi connectivity index (χ0v) is 28.4. The van der Waals surface area contributed by atoms with Gasteiger partial charge < -0.3 is 30.1 Å². The molecule has 264 valence electrons. The number of fused-ring (bicyclic) bond motifs is 2. The maximum Gasteiger partial charge on any atom is 0.408 e. The highest BCUT2D eigenvalue weighted by atomic mass is 16.6. The van der Waals surface area contributed by atoms with E-state index < -0.39 is 53.1 Å². The summed E-state index contributed by atoms with van der Waals surface area (Å²) < 4.78 is 11.4. The number of alkyl carbamates (subject to hydrolysis) is 1. The number of rotatable bonds is 6. The van der Waals surface area contributed by atoms with Crippen molar-refractivity contribution in [1.29, 1.82) is 0 Å². The Bertz CT molecular complexity index is 1750. The monoisotopic (exact) mass is 685 g/mol. The maximum atomic E-state index is 14.3. The number of carboxylic acids is 1. The summed E-state index contributed by atoms with van der Waals surface area (Å²) in [5, 5.41) is 28.8. The van der Waals surface area contributed by atoms with Crippen LogP contribution in [0.1, 0.15) is 71.8 Å². The number of ether oxygens (including phenoxy) is 2. The van der Waals surface area contributed by atoms with Crippen molar-refractivity contribution in [2.45, 2.75) is 95.0 Å². The first kappa shape index (κ1) is 34.6. The Morgan fingerprint density at radius 3 is 2.58 bits per heavy atom. The Balaban J connectivity index is 1.27. The number of carbonyl (C=O) groups is 4. The van der Waals surface area contributed by atoms with Crippen molar-refractivity contribution in [2.75, 3.05) is 6.54 Å². The Morgan fingerprint density at radius 1 is 1.04 bits per heavy atom. The number of hydrogen-bond acceptors (Lipinski definition) is 9. The third-order valence-corrected chi connectivity index (χ3v) is 9.15. The average Bonchev–Trinajstić information content (AvgIpc) is 3.37. The van der Waals surface area contributed by atoms with Crippen LogP contribution in [0, 0.1) is 5.92 Å². The first-order chi connectivity index (χ1) is 23.9. The second kappa shape index (κ2) is 14.3. The summed E-state index contributed by atoms with van der Waals surface area (Å²) in [6.45, 7) is 5.25. The molecule has 3 N–H and O–H groups in total. The summed E-state index contributed by atoms with van der Waals surface area (Å²) in [4.78, 5) is 56.3. The Kier molecular flexibility index (Phi) is 9.89. The zero-order valence-electron chi connectivity index (χ0n) is 28.4. The first-order valence-corrected chi connectivity index (χ1v) is 17.1. The molecule has 1 aliphatic carbocycles. The molecule has 6 rings (SSSR count). The van der Waals surface area contributed by atoms with E-state index in [1.165, 1.54) is 9.70 Å². The van der Waals surface area contributed by atoms with Crippen molar-refractivity contribution in [1.82, 2.24) is 35.7 Å². The zero-order chi connectivity index (χ0) is 35.5. The second-order valence-corrected chi connectivity index (χ2v) is 14.1. The standard InChI is InChI=1S/C36H43N7O7/c1-35(2,3)50-34(48)37-28-18-11-6-4-5-8-14-24-21-36(24,33(46)47)38-31(44)29-20-25(22-42(29)32(28)45)43-40-30(39-41-43)23-13-12-17-27(19-23)49-26-15-9-7-10-16-26/h7-10,12-17,19,24-25,28-29H,4-6,11,18,20-22H2,1-3H3,(H,37,48)(H,38,44)(H,46,47)/b14-8-/t24?,25-,28?,29?,36?/m1/s1. The largest absolute Gasteiger partial charge is 0.479 e. The molecule has 2 aromatic carbocycles. The summed E-state index contributed by atoms with van der Waals surface area (Å²) in [5.74, 6) is -0.934. The molecule has 0 spiro atoms. The van der Waals surface area contributed by atoms with E-state index in [0.717, 1.165) is 19.3 Å². The third kappa shape index (κ3) is 7.95. The lowest BCUT2D eigenvalue weighted by Gasteiger charge is -2.30. The second-order valence-electron chi connectivity index (χ2n) is 14.1. The molecule has 14 nitrogen and oxygen atoms in total. The van der Waals surface area contributed by atoms with Crippen molar-refractivity contribution >= 4 is 23.9 Å². The topological polar surface area (TPSA) is 178 Å². The van der Waals surface area contributed by atoms with E-state index in [1.807, 2.05) is 60.7 Å². The number of amides is 3. The van der Waals surface area contributed by atoms with E-state index in [2.05, 4.69) is 26.0 Å². The predicted octanol–water partition coefficient (Wildman–Crippen LogP) is 4.65. The van der Waals surface area contributed by atoms with E-state index >= 15 is 0 Å². The Labute approximate surface area is 290 Å². The van der Waals surface area contributed by atoms with Crippen LogP contribution in [0.5, 0.6) is 11.5 Å². The quantitative estimate of drug-likeness (QED) is 0.310. The van der Waals surface area contributed by atoms with Crippen molar-refractivity contribution in [3.8, 4) is 22.9 Å². The number of tetrazole rings is 1. The smallest absolute Gasteiger partial charge is 0.408 e. The molecule has 0 radical (unpaired) electrons. The van der Waals surface area contributed by atoms with Crippen LogP contribution >= 0.6 is 0 Å². The molecule has 50 heavy (non-hydrogen) atoms. The van der Waals surface area contributed by atoms with Crippen molar-refractivity contribution < 1.29 is 33.8 Å². The molecule has 14 heteroatoms. The number of carbonyl (C=O) groups excluding carboxylic acids is 3. The van der Waals surface area contributed by atoms with E-state index in [1.54, 1.807) is 26.8 Å². The van der Waals surface area contributed by atoms with Crippen LogP contribution in [0.3, 0.4) is 0 Å². The van der Waals surface area contributed by atoms with Crippen LogP contribution in [0.15, 0.2) is 66.7 Å². The highest BCUT2D eigenvalue weighted by molar-refractivity contribution is 5.96. The van der Waals surface area contributed by atoms with E-state index in [-0.39, 0.29) is 25.3 Å². The number of aromatic nitrogens is 4. The number of para-hydroxylation sites is 1.